The fourth-order valence-electron chi connectivity index (χ4n) is 8.40. The number of fused-ring (bicyclic) bond motifs is 6. The lowest BCUT2D eigenvalue weighted by Gasteiger charge is -2.27. The first-order valence-corrected chi connectivity index (χ1v) is 18.9. The molecule has 11 rings (SSSR count). The average Bonchev–Trinajstić information content (AvgIpc) is 3.56. The van der Waals surface area contributed by atoms with Gasteiger partial charge in [-0.3, -0.25) is 0 Å². The first-order chi connectivity index (χ1) is 27.2. The van der Waals surface area contributed by atoms with Crippen molar-refractivity contribution < 1.29 is 0 Å². The molecule has 1 aromatic heterocycles. The van der Waals surface area contributed by atoms with E-state index in [1.807, 2.05) is 18.2 Å². The fraction of sp³-hybridized carbons (Fsp3) is 0.0392. The van der Waals surface area contributed by atoms with Gasteiger partial charge in [-0.05, 0) is 92.2 Å². The topological polar surface area (TPSA) is 41.9 Å². The van der Waals surface area contributed by atoms with Gasteiger partial charge < -0.3 is 4.90 Å². The minimum Gasteiger partial charge on any atom is -0.313 e. The number of hydrogen-bond donors (Lipinski definition) is 0. The Morgan fingerprint density at radius 1 is 0.418 bits per heavy atom. The molecule has 2 aliphatic rings. The molecule has 0 bridgehead atoms. The zero-order valence-corrected chi connectivity index (χ0v) is 30.0. The highest BCUT2D eigenvalue weighted by molar-refractivity contribution is 5.94. The summed E-state index contributed by atoms with van der Waals surface area (Å²) >= 11 is 0. The molecular weight excluding hydrogens is 669 g/mol. The summed E-state index contributed by atoms with van der Waals surface area (Å²) in [5.41, 5.74) is 12.8. The minimum atomic E-state index is 0.268. The van der Waals surface area contributed by atoms with Crippen molar-refractivity contribution in [1.29, 1.82) is 0 Å². The highest BCUT2D eigenvalue weighted by Crippen LogP contribution is 2.53. The van der Waals surface area contributed by atoms with Gasteiger partial charge in [0.25, 0.3) is 0 Å². The Morgan fingerprint density at radius 3 is 1.78 bits per heavy atom. The van der Waals surface area contributed by atoms with Gasteiger partial charge in [0.15, 0.2) is 17.5 Å². The molecule has 8 aromatic carbocycles. The van der Waals surface area contributed by atoms with Crippen molar-refractivity contribution in [1.82, 2.24) is 15.0 Å². The molecule has 0 N–H and O–H groups in total. The van der Waals surface area contributed by atoms with Gasteiger partial charge in [-0.15, -0.1) is 0 Å². The molecule has 0 saturated heterocycles. The molecule has 1 unspecified atom stereocenters. The van der Waals surface area contributed by atoms with E-state index in [2.05, 4.69) is 175 Å². The first-order valence-electron chi connectivity index (χ1n) is 18.9. The predicted molar refractivity (Wildman–Crippen MR) is 226 cm³/mol. The van der Waals surface area contributed by atoms with E-state index in [-0.39, 0.29) is 5.92 Å². The van der Waals surface area contributed by atoms with Gasteiger partial charge in [0, 0.05) is 34.0 Å². The number of aromatic nitrogens is 3. The van der Waals surface area contributed by atoms with Crippen LogP contribution in [0.15, 0.2) is 188 Å². The van der Waals surface area contributed by atoms with Gasteiger partial charge in [-0.1, -0.05) is 152 Å². The second-order valence-electron chi connectivity index (χ2n) is 14.5. The van der Waals surface area contributed by atoms with Crippen LogP contribution < -0.4 is 4.90 Å². The van der Waals surface area contributed by atoms with Crippen LogP contribution in [0.3, 0.4) is 0 Å². The minimum absolute atomic E-state index is 0.268. The molecule has 0 amide bonds. The molecule has 4 heteroatoms. The Morgan fingerprint density at radius 2 is 1.00 bits per heavy atom. The summed E-state index contributed by atoms with van der Waals surface area (Å²) < 4.78 is 0. The second kappa shape index (κ2) is 12.8. The van der Waals surface area contributed by atoms with Gasteiger partial charge in [0.1, 0.15) is 0 Å². The van der Waals surface area contributed by atoms with Crippen LogP contribution >= 0.6 is 0 Å². The Labute approximate surface area is 319 Å². The van der Waals surface area contributed by atoms with Crippen molar-refractivity contribution in [3.63, 3.8) is 0 Å². The zero-order valence-electron chi connectivity index (χ0n) is 30.0. The molecule has 2 heterocycles. The SMILES string of the molecule is C1=C2C(Cc3ccccc31)c1cc3ccccc3cc1N2c1cccc(-c2nc(-c3ccccc3)nc(-c3ccc(-c4ccc5ccccc5c4)cc3)n2)c1. The van der Waals surface area contributed by atoms with E-state index in [1.54, 1.807) is 0 Å². The van der Waals surface area contributed by atoms with E-state index in [0.717, 1.165) is 34.4 Å². The number of anilines is 2. The van der Waals surface area contributed by atoms with Crippen molar-refractivity contribution in [2.24, 2.45) is 0 Å². The van der Waals surface area contributed by atoms with Crippen molar-refractivity contribution in [3.05, 3.63) is 204 Å². The van der Waals surface area contributed by atoms with Crippen LogP contribution in [-0.4, -0.2) is 15.0 Å². The molecule has 4 nitrogen and oxygen atoms in total. The Bertz CT molecular complexity index is 2970. The lowest BCUT2D eigenvalue weighted by Crippen LogP contribution is -2.17. The number of hydrogen-bond acceptors (Lipinski definition) is 4. The lowest BCUT2D eigenvalue weighted by molar-refractivity contribution is 0.799. The normalized spacial score (nSPS) is 14.4. The quantitative estimate of drug-likeness (QED) is 0.179. The van der Waals surface area contributed by atoms with Gasteiger partial charge >= 0.3 is 0 Å². The van der Waals surface area contributed by atoms with Crippen LogP contribution in [0.1, 0.15) is 22.6 Å². The van der Waals surface area contributed by atoms with Gasteiger partial charge in [-0.2, -0.15) is 0 Å². The summed E-state index contributed by atoms with van der Waals surface area (Å²) in [4.78, 5) is 17.7. The molecule has 1 aliphatic carbocycles. The third-order valence-electron chi connectivity index (χ3n) is 11.2. The second-order valence-corrected chi connectivity index (χ2v) is 14.5. The smallest absolute Gasteiger partial charge is 0.164 e. The molecule has 0 spiro atoms. The molecule has 258 valence electrons. The van der Waals surface area contributed by atoms with Crippen LogP contribution in [0.5, 0.6) is 0 Å². The van der Waals surface area contributed by atoms with Gasteiger partial charge in [-0.25, -0.2) is 15.0 Å². The standard InChI is InChI=1S/C51H34N4/c1-2-12-35(13-3-1)49-52-50(36-24-21-34(22-25-36)42-26-23-33-11-4-5-14-37(33)27-42)54-51(53-49)43-19-10-20-44(28-43)55-47-31-40-17-8-6-15-38(40)29-45(47)46-30-39-16-7-9-18-41(39)32-48(46)55/h1-29,31-32,46H,30H2. The summed E-state index contributed by atoms with van der Waals surface area (Å²) in [6.07, 6.45) is 3.36. The van der Waals surface area contributed by atoms with E-state index in [9.17, 15) is 0 Å². The van der Waals surface area contributed by atoms with Crippen LogP contribution in [0.25, 0.3) is 72.9 Å². The van der Waals surface area contributed by atoms with E-state index in [0.29, 0.717) is 17.5 Å². The summed E-state index contributed by atoms with van der Waals surface area (Å²) in [6.45, 7) is 0. The van der Waals surface area contributed by atoms with Crippen molar-refractivity contribution in [2.45, 2.75) is 12.3 Å². The highest BCUT2D eigenvalue weighted by atomic mass is 15.2. The van der Waals surface area contributed by atoms with Crippen LogP contribution in [0.4, 0.5) is 11.4 Å². The van der Waals surface area contributed by atoms with Crippen LogP contribution in [0, 0.1) is 0 Å². The largest absolute Gasteiger partial charge is 0.313 e. The molecule has 1 atom stereocenters. The summed E-state index contributed by atoms with van der Waals surface area (Å²) in [7, 11) is 0. The number of allylic oxidation sites excluding steroid dienone is 1. The van der Waals surface area contributed by atoms with Crippen molar-refractivity contribution in [3.8, 4) is 45.3 Å². The molecule has 0 saturated carbocycles. The van der Waals surface area contributed by atoms with Crippen molar-refractivity contribution >= 4 is 39.0 Å². The number of benzene rings is 8. The predicted octanol–water partition coefficient (Wildman–Crippen LogP) is 12.7. The number of rotatable bonds is 5. The molecule has 55 heavy (non-hydrogen) atoms. The summed E-state index contributed by atoms with van der Waals surface area (Å²) in [5, 5.41) is 4.97. The van der Waals surface area contributed by atoms with E-state index in [4.69, 9.17) is 15.0 Å². The molecule has 0 radical (unpaired) electrons. The van der Waals surface area contributed by atoms with E-state index >= 15 is 0 Å². The van der Waals surface area contributed by atoms with Crippen LogP contribution in [-0.2, 0) is 6.42 Å². The van der Waals surface area contributed by atoms with E-state index in [1.165, 1.54) is 55.2 Å². The maximum atomic E-state index is 5.15. The van der Waals surface area contributed by atoms with Gasteiger partial charge in [0.05, 0.1) is 5.69 Å². The van der Waals surface area contributed by atoms with Crippen LogP contribution in [0.2, 0.25) is 0 Å². The summed E-state index contributed by atoms with van der Waals surface area (Å²) in [6, 6.07) is 64.7. The third kappa shape index (κ3) is 5.50. The Hall–Kier alpha value is -7.17. The lowest BCUT2D eigenvalue weighted by atomic mass is 9.84. The molecule has 9 aromatic rings. The zero-order chi connectivity index (χ0) is 36.3. The van der Waals surface area contributed by atoms with E-state index < -0.39 is 0 Å². The van der Waals surface area contributed by atoms with Crippen molar-refractivity contribution in [2.75, 3.05) is 4.90 Å². The Balaban J connectivity index is 1.02. The summed E-state index contributed by atoms with van der Waals surface area (Å²) in [5.74, 6) is 2.20. The first kappa shape index (κ1) is 31.4. The molecule has 0 fully saturated rings. The van der Waals surface area contributed by atoms with Gasteiger partial charge in [0.2, 0.25) is 0 Å². The third-order valence-corrected chi connectivity index (χ3v) is 11.2. The molecular formula is C51H34N4. The molecule has 1 aliphatic heterocycles. The maximum Gasteiger partial charge on any atom is 0.164 e. The Kier molecular flexibility index (Phi) is 7.27. The average molecular weight is 703 g/mol. The fourth-order valence-corrected chi connectivity index (χ4v) is 8.40. The monoisotopic (exact) mass is 702 g/mol. The number of nitrogens with zero attached hydrogens (tertiary/aromatic N) is 4. The highest BCUT2D eigenvalue weighted by Gasteiger charge is 2.37. The maximum absolute atomic E-state index is 5.15.